The second kappa shape index (κ2) is 6.98. The van der Waals surface area contributed by atoms with Crippen molar-refractivity contribution in [1.29, 1.82) is 0 Å². The smallest absolute Gasteiger partial charge is 0.270 e. The van der Waals surface area contributed by atoms with Crippen LogP contribution in [0.4, 0.5) is 20.2 Å². The summed E-state index contributed by atoms with van der Waals surface area (Å²) in [6.07, 6.45) is -2.91. The summed E-state index contributed by atoms with van der Waals surface area (Å²) in [6.45, 7) is 4.53. The van der Waals surface area contributed by atoms with E-state index in [1.165, 1.54) is 12.1 Å². The van der Waals surface area contributed by atoms with Crippen LogP contribution < -0.4 is 5.32 Å². The van der Waals surface area contributed by atoms with Gasteiger partial charge in [0.05, 0.1) is 11.0 Å². The van der Waals surface area contributed by atoms with Crippen LogP contribution in [0.5, 0.6) is 0 Å². The molecule has 0 bridgehead atoms. The minimum Gasteiger partial charge on any atom is -0.382 e. The van der Waals surface area contributed by atoms with Crippen LogP contribution in [0.15, 0.2) is 18.2 Å². The Morgan fingerprint density at radius 2 is 2.16 bits per heavy atom. The quantitative estimate of drug-likeness (QED) is 0.611. The number of hydrogen-bond donors (Lipinski definition) is 1. The average Bonchev–Trinajstić information content (AvgIpc) is 2.36. The highest BCUT2D eigenvalue weighted by Gasteiger charge is 2.18. The summed E-state index contributed by atoms with van der Waals surface area (Å²) < 4.78 is 31.0. The summed E-state index contributed by atoms with van der Waals surface area (Å²) in [5.41, 5.74) is -0.538. The maximum absolute atomic E-state index is 12.8. The molecule has 0 spiro atoms. The normalized spacial score (nSPS) is 12.5. The van der Waals surface area contributed by atoms with Gasteiger partial charge in [0.15, 0.2) is 0 Å². The van der Waals surface area contributed by atoms with Crippen molar-refractivity contribution in [2.24, 2.45) is 0 Å². The van der Waals surface area contributed by atoms with Gasteiger partial charge in [0.2, 0.25) is 0 Å². The lowest BCUT2D eigenvalue weighted by atomic mass is 10.1. The Balaban J connectivity index is 2.85. The van der Waals surface area contributed by atoms with Gasteiger partial charge in [0.1, 0.15) is 0 Å². The monoisotopic (exact) mass is 274 g/mol. The number of benzene rings is 1. The molecule has 0 radical (unpaired) electrons. The first-order valence-corrected chi connectivity index (χ1v) is 5.87. The van der Waals surface area contributed by atoms with Crippen molar-refractivity contribution >= 4 is 11.4 Å². The van der Waals surface area contributed by atoms with Crippen molar-refractivity contribution in [2.45, 2.75) is 26.4 Å². The van der Waals surface area contributed by atoms with Gasteiger partial charge in [-0.2, -0.15) is 0 Å². The molecule has 19 heavy (non-hydrogen) atoms. The standard InChI is InChI=1S/C12H16F2N2O3/c1-3-19-8(2)7-15-11-5-4-9(16(17)18)6-10(11)12(13)14/h4-6,8,12,15H,3,7H2,1-2H3. The molecule has 1 atom stereocenters. The van der Waals surface area contributed by atoms with Crippen molar-refractivity contribution in [3.8, 4) is 0 Å². The van der Waals surface area contributed by atoms with Crippen LogP contribution in [-0.2, 0) is 4.74 Å². The molecule has 106 valence electrons. The molecule has 1 rings (SSSR count). The Kier molecular flexibility index (Phi) is 5.62. The number of anilines is 1. The van der Waals surface area contributed by atoms with Crippen molar-refractivity contribution in [3.63, 3.8) is 0 Å². The van der Waals surface area contributed by atoms with Crippen molar-refractivity contribution in [3.05, 3.63) is 33.9 Å². The van der Waals surface area contributed by atoms with Crippen molar-refractivity contribution in [1.82, 2.24) is 0 Å². The van der Waals surface area contributed by atoms with Gasteiger partial charge in [-0.25, -0.2) is 8.78 Å². The molecule has 0 heterocycles. The van der Waals surface area contributed by atoms with Crippen LogP contribution in [0.25, 0.3) is 0 Å². The van der Waals surface area contributed by atoms with Crippen molar-refractivity contribution < 1.29 is 18.4 Å². The van der Waals surface area contributed by atoms with Crippen LogP contribution in [0.2, 0.25) is 0 Å². The lowest BCUT2D eigenvalue weighted by Gasteiger charge is -2.15. The Bertz CT molecular complexity index is 441. The summed E-state index contributed by atoms with van der Waals surface area (Å²) in [5.74, 6) is 0. The lowest BCUT2D eigenvalue weighted by Crippen LogP contribution is -2.20. The number of nitrogens with one attached hydrogen (secondary N) is 1. The van der Waals surface area contributed by atoms with Gasteiger partial charge in [-0.05, 0) is 19.9 Å². The maximum atomic E-state index is 12.8. The predicted octanol–water partition coefficient (Wildman–Crippen LogP) is 3.37. The van der Waals surface area contributed by atoms with Gasteiger partial charge in [-0.1, -0.05) is 0 Å². The second-order valence-electron chi connectivity index (χ2n) is 3.98. The molecule has 0 saturated carbocycles. The average molecular weight is 274 g/mol. The molecule has 7 heteroatoms. The number of nitro groups is 1. The molecule has 5 nitrogen and oxygen atoms in total. The first-order valence-electron chi connectivity index (χ1n) is 5.87. The van der Waals surface area contributed by atoms with E-state index in [0.29, 0.717) is 13.2 Å². The van der Waals surface area contributed by atoms with Gasteiger partial charge in [-0.15, -0.1) is 0 Å². The van der Waals surface area contributed by atoms with Gasteiger partial charge in [-0.3, -0.25) is 10.1 Å². The summed E-state index contributed by atoms with van der Waals surface area (Å²) in [6, 6.07) is 3.37. The fourth-order valence-corrected chi connectivity index (χ4v) is 1.60. The van der Waals surface area contributed by atoms with Crippen LogP contribution in [0, 0.1) is 10.1 Å². The van der Waals surface area contributed by atoms with Crippen LogP contribution in [0.3, 0.4) is 0 Å². The van der Waals surface area contributed by atoms with Crippen LogP contribution in [-0.4, -0.2) is 24.2 Å². The largest absolute Gasteiger partial charge is 0.382 e. The van der Waals surface area contributed by atoms with E-state index >= 15 is 0 Å². The minimum atomic E-state index is -2.77. The number of nitrogens with zero attached hydrogens (tertiary/aromatic N) is 1. The fraction of sp³-hybridized carbons (Fsp3) is 0.500. The van der Waals surface area contributed by atoms with Crippen molar-refractivity contribution in [2.75, 3.05) is 18.5 Å². The second-order valence-corrected chi connectivity index (χ2v) is 3.98. The van der Waals surface area contributed by atoms with E-state index in [0.717, 1.165) is 6.07 Å². The molecular formula is C12H16F2N2O3. The van der Waals surface area contributed by atoms with E-state index in [1.807, 2.05) is 13.8 Å². The van der Waals surface area contributed by atoms with Gasteiger partial charge in [0.25, 0.3) is 12.1 Å². The summed E-state index contributed by atoms with van der Waals surface area (Å²) >= 11 is 0. The molecule has 0 fully saturated rings. The first-order chi connectivity index (χ1) is 8.95. The molecule has 0 aromatic heterocycles. The van der Waals surface area contributed by atoms with Crippen LogP contribution >= 0.6 is 0 Å². The molecule has 0 saturated heterocycles. The molecule has 1 unspecified atom stereocenters. The van der Waals surface area contributed by atoms with E-state index in [1.54, 1.807) is 0 Å². The molecule has 0 aliphatic heterocycles. The number of nitro benzene ring substituents is 1. The third kappa shape index (κ3) is 4.44. The highest BCUT2D eigenvalue weighted by Crippen LogP contribution is 2.30. The lowest BCUT2D eigenvalue weighted by molar-refractivity contribution is -0.385. The van der Waals surface area contributed by atoms with E-state index in [9.17, 15) is 18.9 Å². The van der Waals surface area contributed by atoms with Gasteiger partial charge < -0.3 is 10.1 Å². The highest BCUT2D eigenvalue weighted by molar-refractivity contribution is 5.56. The predicted molar refractivity (Wildman–Crippen MR) is 67.6 cm³/mol. The van der Waals surface area contributed by atoms with E-state index in [4.69, 9.17) is 4.74 Å². The number of halogens is 2. The van der Waals surface area contributed by atoms with Gasteiger partial charge in [0, 0.05) is 36.5 Å². The molecule has 1 aromatic carbocycles. The number of non-ortho nitro benzene ring substituents is 1. The SMILES string of the molecule is CCOC(C)CNc1ccc([N+](=O)[O-])cc1C(F)F. The van der Waals surface area contributed by atoms with Gasteiger partial charge >= 0.3 is 0 Å². The Morgan fingerprint density at radius 3 is 2.68 bits per heavy atom. The first kappa shape index (κ1) is 15.3. The number of rotatable bonds is 7. The zero-order valence-electron chi connectivity index (χ0n) is 10.7. The third-order valence-electron chi connectivity index (χ3n) is 2.51. The Hall–Kier alpha value is -1.76. The Labute approximate surface area is 109 Å². The van der Waals surface area contributed by atoms with E-state index < -0.39 is 11.3 Å². The molecule has 0 aliphatic rings. The summed E-state index contributed by atoms with van der Waals surface area (Å²) in [7, 11) is 0. The van der Waals surface area contributed by atoms with E-state index in [-0.39, 0.29) is 23.0 Å². The van der Waals surface area contributed by atoms with Crippen LogP contribution in [0.1, 0.15) is 25.8 Å². The molecule has 0 amide bonds. The summed E-state index contributed by atoms with van der Waals surface area (Å²) in [4.78, 5) is 9.86. The zero-order valence-corrected chi connectivity index (χ0v) is 10.7. The summed E-state index contributed by atoms with van der Waals surface area (Å²) in [5, 5.41) is 13.4. The zero-order chi connectivity index (χ0) is 14.4. The Morgan fingerprint density at radius 1 is 1.47 bits per heavy atom. The third-order valence-corrected chi connectivity index (χ3v) is 2.51. The maximum Gasteiger partial charge on any atom is 0.270 e. The van der Waals surface area contributed by atoms with E-state index in [2.05, 4.69) is 5.32 Å². The number of ether oxygens (including phenoxy) is 1. The molecular weight excluding hydrogens is 258 g/mol. The molecule has 0 aliphatic carbocycles. The highest BCUT2D eigenvalue weighted by atomic mass is 19.3. The fourth-order valence-electron chi connectivity index (χ4n) is 1.60. The topological polar surface area (TPSA) is 64.4 Å². The number of hydrogen-bond acceptors (Lipinski definition) is 4. The molecule has 1 aromatic rings. The number of alkyl halides is 2. The minimum absolute atomic E-state index is 0.134. The molecule has 1 N–H and O–H groups in total.